The van der Waals surface area contributed by atoms with Gasteiger partial charge in [-0.1, -0.05) is 6.07 Å². The summed E-state index contributed by atoms with van der Waals surface area (Å²) >= 11 is 0. The van der Waals surface area contributed by atoms with Crippen LogP contribution in [0.3, 0.4) is 0 Å². The SMILES string of the molecule is CNCCCN(C)S(=O)(=O)Nc1cccc(F)c1. The molecule has 1 aromatic carbocycles. The number of benzene rings is 1. The zero-order valence-corrected chi connectivity index (χ0v) is 11.3. The number of anilines is 1. The van der Waals surface area contributed by atoms with E-state index in [0.29, 0.717) is 13.0 Å². The van der Waals surface area contributed by atoms with Crippen LogP contribution in [0.4, 0.5) is 10.1 Å². The number of rotatable bonds is 7. The summed E-state index contributed by atoms with van der Waals surface area (Å²) in [4.78, 5) is 0. The Kier molecular flexibility index (Phi) is 5.52. The summed E-state index contributed by atoms with van der Waals surface area (Å²) in [6.45, 7) is 1.13. The molecule has 18 heavy (non-hydrogen) atoms. The van der Waals surface area contributed by atoms with Crippen LogP contribution < -0.4 is 10.0 Å². The van der Waals surface area contributed by atoms with Gasteiger partial charge in [0.05, 0.1) is 5.69 Å². The van der Waals surface area contributed by atoms with Crippen molar-refractivity contribution in [1.82, 2.24) is 9.62 Å². The molecule has 2 N–H and O–H groups in total. The average molecular weight is 275 g/mol. The lowest BCUT2D eigenvalue weighted by atomic mass is 10.3. The van der Waals surface area contributed by atoms with Crippen LogP contribution in [0.1, 0.15) is 6.42 Å². The highest BCUT2D eigenvalue weighted by atomic mass is 32.2. The highest BCUT2D eigenvalue weighted by Gasteiger charge is 2.16. The molecular weight excluding hydrogens is 257 g/mol. The maximum Gasteiger partial charge on any atom is 0.301 e. The van der Waals surface area contributed by atoms with Crippen molar-refractivity contribution >= 4 is 15.9 Å². The van der Waals surface area contributed by atoms with Gasteiger partial charge in [-0.2, -0.15) is 12.7 Å². The van der Waals surface area contributed by atoms with E-state index in [1.165, 1.54) is 29.6 Å². The molecule has 0 aliphatic rings. The van der Waals surface area contributed by atoms with Crippen LogP contribution in [0.25, 0.3) is 0 Å². The first-order valence-electron chi connectivity index (χ1n) is 5.60. The predicted octanol–water partition coefficient (Wildman–Crippen LogP) is 1.02. The van der Waals surface area contributed by atoms with E-state index in [1.54, 1.807) is 7.05 Å². The minimum atomic E-state index is -3.62. The molecule has 102 valence electrons. The van der Waals surface area contributed by atoms with E-state index in [1.807, 2.05) is 0 Å². The first-order valence-corrected chi connectivity index (χ1v) is 7.04. The molecular formula is C11H18FN3O2S. The highest BCUT2D eigenvalue weighted by Crippen LogP contribution is 2.12. The third-order valence-corrected chi connectivity index (χ3v) is 3.88. The fourth-order valence-corrected chi connectivity index (χ4v) is 2.33. The Bertz CT molecular complexity index is 479. The molecule has 0 bridgehead atoms. The Balaban J connectivity index is 2.64. The van der Waals surface area contributed by atoms with Crippen molar-refractivity contribution in [3.05, 3.63) is 30.1 Å². The van der Waals surface area contributed by atoms with Crippen LogP contribution >= 0.6 is 0 Å². The van der Waals surface area contributed by atoms with E-state index in [4.69, 9.17) is 0 Å². The number of halogens is 1. The third-order valence-electron chi connectivity index (χ3n) is 2.38. The minimum Gasteiger partial charge on any atom is -0.320 e. The molecule has 0 fully saturated rings. The average Bonchev–Trinajstić information content (AvgIpc) is 2.28. The second-order valence-corrected chi connectivity index (χ2v) is 5.67. The second kappa shape index (κ2) is 6.67. The first-order chi connectivity index (χ1) is 8.45. The Labute approximate surface area is 107 Å². The van der Waals surface area contributed by atoms with Crippen molar-refractivity contribution in [2.75, 3.05) is 31.9 Å². The molecule has 0 saturated heterocycles. The van der Waals surface area contributed by atoms with Crippen LogP contribution in [-0.2, 0) is 10.2 Å². The highest BCUT2D eigenvalue weighted by molar-refractivity contribution is 7.90. The second-order valence-electron chi connectivity index (χ2n) is 3.90. The molecule has 0 aliphatic carbocycles. The van der Waals surface area contributed by atoms with Crippen LogP contribution in [0.15, 0.2) is 24.3 Å². The summed E-state index contributed by atoms with van der Waals surface area (Å²) in [5.41, 5.74) is 0.218. The largest absolute Gasteiger partial charge is 0.320 e. The van der Waals surface area contributed by atoms with Crippen LogP contribution in [0.2, 0.25) is 0 Å². The molecule has 0 aliphatic heterocycles. The Hall–Kier alpha value is -1.18. The quantitative estimate of drug-likeness (QED) is 0.731. The minimum absolute atomic E-state index is 0.218. The summed E-state index contributed by atoms with van der Waals surface area (Å²) in [5, 5.41) is 2.94. The summed E-state index contributed by atoms with van der Waals surface area (Å²) < 4.78 is 40.2. The maximum atomic E-state index is 12.9. The van der Waals surface area contributed by atoms with E-state index < -0.39 is 16.0 Å². The Morgan fingerprint density at radius 2 is 2.11 bits per heavy atom. The van der Waals surface area contributed by atoms with Gasteiger partial charge in [0.2, 0.25) is 0 Å². The van der Waals surface area contributed by atoms with E-state index in [9.17, 15) is 12.8 Å². The Morgan fingerprint density at radius 3 is 2.72 bits per heavy atom. The molecule has 0 amide bonds. The van der Waals surface area contributed by atoms with Gasteiger partial charge in [0.15, 0.2) is 0 Å². The summed E-state index contributed by atoms with van der Waals surface area (Å²) in [6.07, 6.45) is 0.705. The summed E-state index contributed by atoms with van der Waals surface area (Å²) in [5.74, 6) is -0.479. The molecule has 0 radical (unpaired) electrons. The van der Waals surface area contributed by atoms with Gasteiger partial charge in [-0.15, -0.1) is 0 Å². The summed E-state index contributed by atoms with van der Waals surface area (Å²) in [6, 6.07) is 5.35. The van der Waals surface area contributed by atoms with E-state index >= 15 is 0 Å². The van der Waals surface area contributed by atoms with Gasteiger partial charge >= 0.3 is 10.2 Å². The third kappa shape index (κ3) is 4.59. The molecule has 0 heterocycles. The smallest absolute Gasteiger partial charge is 0.301 e. The number of nitrogens with one attached hydrogen (secondary N) is 2. The molecule has 5 nitrogen and oxygen atoms in total. The standard InChI is InChI=1S/C11H18FN3O2S/c1-13-7-4-8-15(2)18(16,17)14-11-6-3-5-10(12)9-11/h3,5-6,9,13-14H,4,7-8H2,1-2H3. The van der Waals surface area contributed by atoms with Crippen molar-refractivity contribution in [3.8, 4) is 0 Å². The van der Waals surface area contributed by atoms with Crippen LogP contribution in [-0.4, -0.2) is 39.9 Å². The van der Waals surface area contributed by atoms with Crippen LogP contribution in [0, 0.1) is 5.82 Å². The van der Waals surface area contributed by atoms with Gasteiger partial charge in [0.25, 0.3) is 0 Å². The topological polar surface area (TPSA) is 61.4 Å². The summed E-state index contributed by atoms with van der Waals surface area (Å²) in [7, 11) is -0.333. The molecule has 0 atom stereocenters. The van der Waals surface area contributed by atoms with E-state index in [2.05, 4.69) is 10.0 Å². The number of hydrogen-bond acceptors (Lipinski definition) is 3. The monoisotopic (exact) mass is 275 g/mol. The van der Waals surface area contributed by atoms with Crippen molar-refractivity contribution in [2.24, 2.45) is 0 Å². The van der Waals surface area contributed by atoms with Gasteiger partial charge < -0.3 is 5.32 Å². The van der Waals surface area contributed by atoms with Crippen molar-refractivity contribution < 1.29 is 12.8 Å². The first kappa shape index (κ1) is 14.9. The molecule has 0 unspecified atom stereocenters. The van der Waals surface area contributed by atoms with Gasteiger partial charge in [-0.05, 0) is 38.2 Å². The van der Waals surface area contributed by atoms with Gasteiger partial charge in [0.1, 0.15) is 5.82 Å². The van der Waals surface area contributed by atoms with E-state index in [0.717, 1.165) is 12.6 Å². The van der Waals surface area contributed by atoms with Gasteiger partial charge in [0, 0.05) is 13.6 Å². The normalized spacial score (nSPS) is 11.8. The molecule has 7 heteroatoms. The number of hydrogen-bond donors (Lipinski definition) is 2. The van der Waals surface area contributed by atoms with Crippen molar-refractivity contribution in [3.63, 3.8) is 0 Å². The molecule has 1 rings (SSSR count). The molecule has 1 aromatic rings. The van der Waals surface area contributed by atoms with Crippen molar-refractivity contribution in [2.45, 2.75) is 6.42 Å². The van der Waals surface area contributed by atoms with Gasteiger partial charge in [-0.25, -0.2) is 4.39 Å². The fourth-order valence-electron chi connectivity index (χ4n) is 1.38. The lowest BCUT2D eigenvalue weighted by Crippen LogP contribution is -2.34. The predicted molar refractivity (Wildman–Crippen MR) is 70.1 cm³/mol. The van der Waals surface area contributed by atoms with E-state index in [-0.39, 0.29) is 5.69 Å². The zero-order chi connectivity index (χ0) is 13.6. The zero-order valence-electron chi connectivity index (χ0n) is 10.5. The molecule has 0 spiro atoms. The lowest BCUT2D eigenvalue weighted by molar-refractivity contribution is 0.462. The maximum absolute atomic E-state index is 12.9. The molecule has 0 aromatic heterocycles. The molecule has 0 saturated carbocycles. The van der Waals surface area contributed by atoms with Gasteiger partial charge in [-0.3, -0.25) is 4.72 Å². The lowest BCUT2D eigenvalue weighted by Gasteiger charge is -2.18. The van der Waals surface area contributed by atoms with Crippen LogP contribution in [0.5, 0.6) is 0 Å². The fraction of sp³-hybridized carbons (Fsp3) is 0.455. The Morgan fingerprint density at radius 1 is 1.39 bits per heavy atom. The van der Waals surface area contributed by atoms with Crippen molar-refractivity contribution in [1.29, 1.82) is 0 Å². The number of nitrogens with zero attached hydrogens (tertiary/aromatic N) is 1.